The summed E-state index contributed by atoms with van der Waals surface area (Å²) < 4.78 is 26.9. The molecule has 0 radical (unpaired) electrons. The molecule has 2 heterocycles. The van der Waals surface area contributed by atoms with Crippen molar-refractivity contribution in [3.8, 4) is 0 Å². The Morgan fingerprint density at radius 2 is 0.862 bits per heavy atom. The van der Waals surface area contributed by atoms with Gasteiger partial charge >= 0.3 is 30.3 Å². The lowest BCUT2D eigenvalue weighted by molar-refractivity contribution is -0.0152. The SMILES string of the molecule is CC(C)(C)OC(=O)N1CCN(C(=O)OC(C)(C)C)C(c2ccc(CO)cc2)C1.COC(=O)c1ccc(C2CN(C(=O)OC(C)(C)C)CCN2C(=O)OC(C)(C)C)cc1. The number of aliphatic hydroxyl groups is 1. The average molecular weight is 813 g/mol. The van der Waals surface area contributed by atoms with Crippen molar-refractivity contribution in [2.24, 2.45) is 0 Å². The molecule has 58 heavy (non-hydrogen) atoms. The smallest absolute Gasteiger partial charge is 0.410 e. The summed E-state index contributed by atoms with van der Waals surface area (Å²) in [4.78, 5) is 68.9. The van der Waals surface area contributed by atoms with Crippen LogP contribution in [0.15, 0.2) is 48.5 Å². The van der Waals surface area contributed by atoms with Crippen LogP contribution in [0.25, 0.3) is 0 Å². The molecule has 2 unspecified atom stereocenters. The first-order valence-electron chi connectivity index (χ1n) is 19.5. The topological polar surface area (TPSA) is 165 Å². The van der Waals surface area contributed by atoms with E-state index in [1.165, 1.54) is 7.11 Å². The van der Waals surface area contributed by atoms with E-state index < -0.39 is 58.8 Å². The lowest BCUT2D eigenvalue weighted by Crippen LogP contribution is -2.54. The van der Waals surface area contributed by atoms with Gasteiger partial charge in [0, 0.05) is 39.3 Å². The van der Waals surface area contributed by atoms with E-state index in [-0.39, 0.29) is 19.2 Å². The summed E-state index contributed by atoms with van der Waals surface area (Å²) in [6.45, 7) is 23.7. The number of benzene rings is 2. The van der Waals surface area contributed by atoms with Crippen molar-refractivity contribution in [1.82, 2.24) is 19.6 Å². The number of carbonyl (C=O) groups is 5. The molecule has 0 aromatic heterocycles. The molecule has 0 saturated carbocycles. The minimum absolute atomic E-state index is 0.0508. The van der Waals surface area contributed by atoms with Gasteiger partial charge in [0.1, 0.15) is 22.4 Å². The molecule has 0 spiro atoms. The number of hydrogen-bond donors (Lipinski definition) is 1. The number of rotatable bonds is 4. The second-order valence-corrected chi connectivity index (χ2v) is 18.2. The molecule has 1 N–H and O–H groups in total. The molecular formula is C43H64N4O11. The Kier molecular flexibility index (Phi) is 15.6. The Hall–Kier alpha value is -5.05. The normalized spacial score (nSPS) is 17.7. The van der Waals surface area contributed by atoms with Gasteiger partial charge in [0.05, 0.1) is 31.4 Å². The average Bonchev–Trinajstić information content (AvgIpc) is 3.11. The molecule has 2 aromatic rings. The maximum atomic E-state index is 12.8. The van der Waals surface area contributed by atoms with Crippen LogP contribution in [0, 0.1) is 0 Å². The van der Waals surface area contributed by atoms with E-state index in [2.05, 4.69) is 0 Å². The molecule has 0 aliphatic carbocycles. The fourth-order valence-corrected chi connectivity index (χ4v) is 6.00. The van der Waals surface area contributed by atoms with Crippen LogP contribution < -0.4 is 0 Å². The molecule has 2 aliphatic heterocycles. The number of ether oxygens (including phenoxy) is 5. The molecule has 2 saturated heterocycles. The highest BCUT2D eigenvalue weighted by molar-refractivity contribution is 5.89. The maximum absolute atomic E-state index is 12.8. The monoisotopic (exact) mass is 812 g/mol. The summed E-state index contributed by atoms with van der Waals surface area (Å²) in [5.41, 5.74) is 0.397. The number of amides is 4. The summed E-state index contributed by atoms with van der Waals surface area (Å²) >= 11 is 0. The summed E-state index contributed by atoms with van der Waals surface area (Å²) in [5.74, 6) is -0.440. The minimum atomic E-state index is -0.640. The predicted octanol–water partition coefficient (Wildman–Crippen LogP) is 7.71. The van der Waals surface area contributed by atoms with Crippen molar-refractivity contribution < 1.29 is 52.8 Å². The first kappa shape index (κ1) is 47.3. The van der Waals surface area contributed by atoms with E-state index in [4.69, 9.17) is 23.7 Å². The third kappa shape index (κ3) is 14.7. The molecule has 2 atom stereocenters. The van der Waals surface area contributed by atoms with Gasteiger partial charge in [0.15, 0.2) is 0 Å². The Balaban J connectivity index is 0.000000311. The van der Waals surface area contributed by atoms with E-state index >= 15 is 0 Å². The van der Waals surface area contributed by atoms with E-state index in [1.54, 1.807) is 43.9 Å². The quantitative estimate of drug-likeness (QED) is 0.238. The van der Waals surface area contributed by atoms with Gasteiger partial charge in [-0.1, -0.05) is 36.4 Å². The maximum Gasteiger partial charge on any atom is 0.410 e. The number of piperazine rings is 2. The highest BCUT2D eigenvalue weighted by Crippen LogP contribution is 2.30. The van der Waals surface area contributed by atoms with E-state index in [0.717, 1.165) is 16.7 Å². The fraction of sp³-hybridized carbons (Fsp3) is 0.605. The number of esters is 1. The molecule has 15 heteroatoms. The van der Waals surface area contributed by atoms with Crippen LogP contribution in [0.2, 0.25) is 0 Å². The van der Waals surface area contributed by atoms with Crippen LogP contribution >= 0.6 is 0 Å². The van der Waals surface area contributed by atoms with Crippen LogP contribution in [0.5, 0.6) is 0 Å². The first-order valence-corrected chi connectivity index (χ1v) is 19.5. The molecular weight excluding hydrogens is 748 g/mol. The molecule has 15 nitrogen and oxygen atoms in total. The third-order valence-corrected chi connectivity index (χ3v) is 8.58. The number of aliphatic hydroxyl groups excluding tert-OH is 1. The van der Waals surface area contributed by atoms with Crippen molar-refractivity contribution in [1.29, 1.82) is 0 Å². The molecule has 4 rings (SSSR count). The zero-order chi connectivity index (χ0) is 43.8. The van der Waals surface area contributed by atoms with Crippen molar-refractivity contribution >= 4 is 30.3 Å². The van der Waals surface area contributed by atoms with Gasteiger partial charge in [0.2, 0.25) is 0 Å². The number of nitrogens with zero attached hydrogens (tertiary/aromatic N) is 4. The standard InChI is InChI=1S/C22H32N2O6.C21H32N2O5/c1-21(2,3)29-19(26)23-12-13-24(20(27)30-22(4,5)6)17(14-23)15-8-10-16(11-9-15)18(25)28-7;1-20(2,3)27-18(25)22-11-12-23(19(26)28-21(4,5)6)17(13-22)16-9-7-15(14-24)8-10-16/h8-11,17H,12-14H2,1-7H3;7-10,17,24H,11-14H2,1-6H3. The van der Waals surface area contributed by atoms with Gasteiger partial charge in [0.25, 0.3) is 0 Å². The largest absolute Gasteiger partial charge is 0.465 e. The van der Waals surface area contributed by atoms with Gasteiger partial charge in [-0.05, 0) is 112 Å². The first-order chi connectivity index (χ1) is 26.7. The predicted molar refractivity (Wildman–Crippen MR) is 217 cm³/mol. The lowest BCUT2D eigenvalue weighted by Gasteiger charge is -2.42. The zero-order valence-corrected chi connectivity index (χ0v) is 36.5. The Bertz CT molecular complexity index is 1720. The Morgan fingerprint density at radius 3 is 1.17 bits per heavy atom. The summed E-state index contributed by atoms with van der Waals surface area (Å²) in [6, 6.07) is 13.4. The second-order valence-electron chi connectivity index (χ2n) is 18.2. The molecule has 2 aromatic carbocycles. The van der Waals surface area contributed by atoms with Gasteiger partial charge < -0.3 is 38.6 Å². The van der Waals surface area contributed by atoms with Crippen molar-refractivity contribution in [2.75, 3.05) is 46.4 Å². The van der Waals surface area contributed by atoms with Gasteiger partial charge in [-0.25, -0.2) is 24.0 Å². The van der Waals surface area contributed by atoms with E-state index in [1.807, 2.05) is 107 Å². The highest BCUT2D eigenvalue weighted by atomic mass is 16.6. The van der Waals surface area contributed by atoms with Crippen LogP contribution in [0.4, 0.5) is 19.2 Å². The van der Waals surface area contributed by atoms with Gasteiger partial charge in [-0.15, -0.1) is 0 Å². The van der Waals surface area contributed by atoms with E-state index in [9.17, 15) is 29.1 Å². The van der Waals surface area contributed by atoms with Crippen LogP contribution in [0.3, 0.4) is 0 Å². The minimum Gasteiger partial charge on any atom is -0.465 e. The Labute approximate surface area is 343 Å². The summed E-state index contributed by atoms with van der Waals surface area (Å²) in [5, 5.41) is 9.28. The van der Waals surface area contributed by atoms with E-state index in [0.29, 0.717) is 38.3 Å². The Morgan fingerprint density at radius 1 is 0.534 bits per heavy atom. The molecule has 322 valence electrons. The zero-order valence-electron chi connectivity index (χ0n) is 36.5. The van der Waals surface area contributed by atoms with Crippen LogP contribution in [-0.4, -0.2) is 124 Å². The third-order valence-electron chi connectivity index (χ3n) is 8.58. The van der Waals surface area contributed by atoms with Gasteiger partial charge in [-0.2, -0.15) is 0 Å². The van der Waals surface area contributed by atoms with Crippen molar-refractivity contribution in [3.63, 3.8) is 0 Å². The number of methoxy groups -OCH3 is 1. The summed E-state index contributed by atoms with van der Waals surface area (Å²) in [6.07, 6.45) is -1.68. The summed E-state index contributed by atoms with van der Waals surface area (Å²) in [7, 11) is 1.32. The van der Waals surface area contributed by atoms with Crippen molar-refractivity contribution in [3.05, 3.63) is 70.8 Å². The number of hydrogen-bond acceptors (Lipinski definition) is 11. The fourth-order valence-electron chi connectivity index (χ4n) is 6.00. The van der Waals surface area contributed by atoms with Crippen LogP contribution in [-0.2, 0) is 30.3 Å². The van der Waals surface area contributed by atoms with Crippen LogP contribution in [0.1, 0.15) is 122 Å². The lowest BCUT2D eigenvalue weighted by atomic mass is 10.0. The number of carbonyl (C=O) groups excluding carboxylic acids is 5. The highest BCUT2D eigenvalue weighted by Gasteiger charge is 2.39. The molecule has 0 bridgehead atoms. The second kappa shape index (κ2) is 19.1. The van der Waals surface area contributed by atoms with Gasteiger partial charge in [-0.3, -0.25) is 9.80 Å². The van der Waals surface area contributed by atoms with Crippen molar-refractivity contribution in [2.45, 2.75) is 124 Å². The molecule has 4 amide bonds. The molecule has 2 fully saturated rings. The molecule has 2 aliphatic rings.